The maximum absolute atomic E-state index is 13.1. The summed E-state index contributed by atoms with van der Waals surface area (Å²) in [4.78, 5) is 14.8. The van der Waals surface area contributed by atoms with E-state index in [2.05, 4.69) is 52.8 Å². The fraction of sp³-hybridized carbons (Fsp3) is 0.861. The minimum absolute atomic E-state index is 0.0655. The number of nitriles is 2. The van der Waals surface area contributed by atoms with Crippen molar-refractivity contribution in [2.75, 3.05) is 13.1 Å². The third kappa shape index (κ3) is 6.98. The first-order valence-corrected chi connectivity index (χ1v) is 17.0. The van der Waals surface area contributed by atoms with E-state index >= 15 is 0 Å². The molecule has 0 spiro atoms. The van der Waals surface area contributed by atoms with Crippen molar-refractivity contribution in [3.05, 3.63) is 11.6 Å². The molecule has 8 atom stereocenters. The molecule has 0 N–H and O–H groups in total. The average Bonchev–Trinajstić information content (AvgIpc) is 3.29. The minimum atomic E-state index is -0.267. The Morgan fingerprint density at radius 1 is 0.976 bits per heavy atom. The molecule has 0 saturated heterocycles. The highest BCUT2D eigenvalue weighted by Crippen LogP contribution is 2.67. The van der Waals surface area contributed by atoms with Crippen molar-refractivity contribution in [2.45, 2.75) is 137 Å². The van der Waals surface area contributed by atoms with Gasteiger partial charge in [0.25, 0.3) is 0 Å². The predicted molar refractivity (Wildman–Crippen MR) is 165 cm³/mol. The molecule has 0 aliphatic heterocycles. The first kappa shape index (κ1) is 31.9. The summed E-state index contributed by atoms with van der Waals surface area (Å²) in [5, 5.41) is 17.8. The summed E-state index contributed by atoms with van der Waals surface area (Å²) in [6.07, 6.45) is 18.3. The molecule has 4 unspecified atom stereocenters. The molecule has 5 heteroatoms. The predicted octanol–water partition coefficient (Wildman–Crippen LogP) is 9.44. The van der Waals surface area contributed by atoms with Crippen molar-refractivity contribution in [1.82, 2.24) is 4.90 Å². The minimum Gasteiger partial charge on any atom is -0.446 e. The maximum Gasteiger partial charge on any atom is 0.410 e. The van der Waals surface area contributed by atoms with E-state index in [1.165, 1.54) is 51.4 Å². The van der Waals surface area contributed by atoms with Gasteiger partial charge in [0.05, 0.1) is 12.1 Å². The number of rotatable bonds is 12. The molecule has 3 fully saturated rings. The summed E-state index contributed by atoms with van der Waals surface area (Å²) in [6, 6.07) is 4.33. The average molecular weight is 564 g/mol. The van der Waals surface area contributed by atoms with Crippen molar-refractivity contribution in [3.8, 4) is 12.1 Å². The van der Waals surface area contributed by atoms with Crippen LogP contribution in [0.4, 0.5) is 4.79 Å². The number of carbonyl (C=O) groups excluding carboxylic acids is 1. The number of allylic oxidation sites excluding steroid dienone is 1. The summed E-state index contributed by atoms with van der Waals surface area (Å²) in [5.74, 6) is 4.98. The smallest absolute Gasteiger partial charge is 0.410 e. The van der Waals surface area contributed by atoms with Crippen LogP contribution in [0.15, 0.2) is 11.6 Å². The summed E-state index contributed by atoms with van der Waals surface area (Å²) in [7, 11) is 0. The van der Waals surface area contributed by atoms with Crippen molar-refractivity contribution in [1.29, 1.82) is 10.5 Å². The van der Waals surface area contributed by atoms with Gasteiger partial charge in [0.1, 0.15) is 6.10 Å². The maximum atomic E-state index is 13.1. The molecular weight excluding hydrogens is 506 g/mol. The van der Waals surface area contributed by atoms with Gasteiger partial charge in [0.15, 0.2) is 0 Å². The standard InChI is InChI=1S/C36H57N3O2/c1-26(2)11-10-12-27(3)31-15-16-32-30-14-13-28-25-29(17-19-35(28,4)33(30)18-20-36(31,32)5)41-34(40)39(23-8-6-21-37)24-9-7-22-38/h13,26-27,29-33H,6-12,14-20,23-25H2,1-5H3/t27-,29?,30?,31-,32?,33?,35+,36-/m1/s1. The van der Waals surface area contributed by atoms with E-state index in [4.69, 9.17) is 15.3 Å². The van der Waals surface area contributed by atoms with Crippen LogP contribution in [-0.2, 0) is 4.74 Å². The number of hydrogen-bond acceptors (Lipinski definition) is 4. The molecule has 0 aromatic rings. The Kier molecular flexibility index (Phi) is 10.9. The lowest BCUT2D eigenvalue weighted by molar-refractivity contribution is -0.0593. The van der Waals surface area contributed by atoms with Crippen molar-refractivity contribution in [3.63, 3.8) is 0 Å². The number of unbranched alkanes of at least 4 members (excludes halogenated alkanes) is 2. The zero-order chi connectivity index (χ0) is 29.6. The van der Waals surface area contributed by atoms with Crippen molar-refractivity contribution < 1.29 is 9.53 Å². The molecule has 3 saturated carbocycles. The highest BCUT2D eigenvalue weighted by atomic mass is 16.6. The molecule has 4 aliphatic carbocycles. The monoisotopic (exact) mass is 563 g/mol. The van der Waals surface area contributed by atoms with E-state index in [0.29, 0.717) is 44.2 Å². The van der Waals surface area contributed by atoms with Gasteiger partial charge in [0.2, 0.25) is 0 Å². The number of nitrogens with zero attached hydrogens (tertiary/aromatic N) is 3. The Bertz CT molecular complexity index is 987. The second-order valence-corrected chi connectivity index (χ2v) is 15.0. The van der Waals surface area contributed by atoms with Crippen LogP contribution < -0.4 is 0 Å². The van der Waals surface area contributed by atoms with Gasteiger partial charge in [-0.05, 0) is 104 Å². The SMILES string of the molecule is CC(C)CCC[C@@H](C)[C@H]1CCC2C3CC=C4CC(OC(=O)N(CCCC#N)CCCC#N)CC[C@]4(C)C3CC[C@@]21C. The lowest BCUT2D eigenvalue weighted by atomic mass is 9.47. The summed E-state index contributed by atoms with van der Waals surface area (Å²) in [6.45, 7) is 13.5. The molecule has 228 valence electrons. The first-order chi connectivity index (χ1) is 19.6. The number of hydrogen-bond donors (Lipinski definition) is 0. The van der Waals surface area contributed by atoms with E-state index in [9.17, 15) is 4.79 Å². The highest BCUT2D eigenvalue weighted by molar-refractivity contribution is 5.67. The summed E-state index contributed by atoms with van der Waals surface area (Å²) in [5.41, 5.74) is 2.30. The molecule has 1 amide bonds. The van der Waals surface area contributed by atoms with Crippen LogP contribution in [0.3, 0.4) is 0 Å². The number of carbonyl (C=O) groups is 1. The number of ether oxygens (including phenoxy) is 1. The van der Waals surface area contributed by atoms with Crippen LogP contribution in [0.1, 0.15) is 131 Å². The van der Waals surface area contributed by atoms with Gasteiger partial charge in [-0.15, -0.1) is 0 Å². The molecule has 5 nitrogen and oxygen atoms in total. The van der Waals surface area contributed by atoms with Crippen LogP contribution in [0.2, 0.25) is 0 Å². The van der Waals surface area contributed by atoms with E-state index in [1.54, 1.807) is 10.5 Å². The van der Waals surface area contributed by atoms with Gasteiger partial charge in [-0.3, -0.25) is 0 Å². The molecule has 4 rings (SSSR count). The zero-order valence-corrected chi connectivity index (χ0v) is 26.8. The topological polar surface area (TPSA) is 77.1 Å². The lowest BCUT2D eigenvalue weighted by Gasteiger charge is -2.58. The molecule has 0 aromatic carbocycles. The normalized spacial score (nSPS) is 34.8. The van der Waals surface area contributed by atoms with Crippen LogP contribution >= 0.6 is 0 Å². The molecule has 41 heavy (non-hydrogen) atoms. The number of fused-ring (bicyclic) bond motifs is 5. The molecule has 0 heterocycles. The zero-order valence-electron chi connectivity index (χ0n) is 26.8. The fourth-order valence-electron chi connectivity index (χ4n) is 9.96. The van der Waals surface area contributed by atoms with Gasteiger partial charge in [-0.25, -0.2) is 4.79 Å². The Hall–Kier alpha value is -2.01. The van der Waals surface area contributed by atoms with E-state index in [0.717, 1.165) is 54.8 Å². The molecule has 0 radical (unpaired) electrons. The highest BCUT2D eigenvalue weighted by Gasteiger charge is 2.59. The largest absolute Gasteiger partial charge is 0.446 e. The van der Waals surface area contributed by atoms with Crippen LogP contribution in [0, 0.1) is 69.0 Å². The van der Waals surface area contributed by atoms with Gasteiger partial charge >= 0.3 is 6.09 Å². The van der Waals surface area contributed by atoms with Crippen LogP contribution in [0.5, 0.6) is 0 Å². The molecule has 0 aromatic heterocycles. The molecule has 0 bridgehead atoms. The van der Waals surface area contributed by atoms with Crippen molar-refractivity contribution in [2.24, 2.45) is 46.3 Å². The van der Waals surface area contributed by atoms with Crippen molar-refractivity contribution >= 4 is 6.09 Å². The summed E-state index contributed by atoms with van der Waals surface area (Å²) >= 11 is 0. The molecular formula is C36H57N3O2. The van der Waals surface area contributed by atoms with Crippen LogP contribution in [0.25, 0.3) is 0 Å². The Morgan fingerprint density at radius 3 is 2.34 bits per heavy atom. The first-order valence-electron chi connectivity index (χ1n) is 17.0. The van der Waals surface area contributed by atoms with E-state index in [-0.39, 0.29) is 17.6 Å². The Balaban J connectivity index is 1.38. The second-order valence-electron chi connectivity index (χ2n) is 15.0. The van der Waals surface area contributed by atoms with E-state index in [1.807, 2.05) is 0 Å². The van der Waals surface area contributed by atoms with E-state index < -0.39 is 0 Å². The number of amides is 1. The Morgan fingerprint density at radius 2 is 1.68 bits per heavy atom. The van der Waals surface area contributed by atoms with Crippen LogP contribution in [-0.4, -0.2) is 30.2 Å². The molecule has 4 aliphatic rings. The van der Waals surface area contributed by atoms with Gasteiger partial charge < -0.3 is 9.64 Å². The summed E-state index contributed by atoms with van der Waals surface area (Å²) < 4.78 is 6.10. The van der Waals surface area contributed by atoms with Gasteiger partial charge in [-0.1, -0.05) is 65.5 Å². The fourth-order valence-corrected chi connectivity index (χ4v) is 9.96. The quantitative estimate of drug-likeness (QED) is 0.175. The van der Waals surface area contributed by atoms with Gasteiger partial charge in [0, 0.05) is 32.4 Å². The van der Waals surface area contributed by atoms with Gasteiger partial charge in [-0.2, -0.15) is 10.5 Å². The lowest BCUT2D eigenvalue weighted by Crippen LogP contribution is -2.51. The Labute approximate surface area is 251 Å². The third-order valence-corrected chi connectivity index (χ3v) is 12.2. The third-order valence-electron chi connectivity index (χ3n) is 12.2. The second kappa shape index (κ2) is 14.0.